The van der Waals surface area contributed by atoms with E-state index in [9.17, 15) is 0 Å². The van der Waals surface area contributed by atoms with Crippen molar-refractivity contribution in [1.82, 2.24) is 4.98 Å². The molecule has 0 atom stereocenters. The van der Waals surface area contributed by atoms with Gasteiger partial charge in [0.25, 0.3) is 0 Å². The highest BCUT2D eigenvalue weighted by Crippen LogP contribution is 2.28. The first-order valence-corrected chi connectivity index (χ1v) is 5.24. The molecule has 0 spiro atoms. The smallest absolute Gasteiger partial charge is 0.189 e. The zero-order valence-corrected chi connectivity index (χ0v) is 8.69. The number of pyridine rings is 1. The van der Waals surface area contributed by atoms with E-state index in [4.69, 9.17) is 15.2 Å². The molecule has 1 aliphatic rings. The van der Waals surface area contributed by atoms with E-state index < -0.39 is 0 Å². The van der Waals surface area contributed by atoms with Gasteiger partial charge in [-0.3, -0.25) is 4.98 Å². The lowest BCUT2D eigenvalue weighted by Crippen LogP contribution is -2.06. The van der Waals surface area contributed by atoms with Gasteiger partial charge < -0.3 is 15.2 Å². The Kier molecular flexibility index (Phi) is 3.53. The third kappa shape index (κ3) is 3.49. The summed E-state index contributed by atoms with van der Waals surface area (Å²) in [4.78, 5) is 4.12. The summed E-state index contributed by atoms with van der Waals surface area (Å²) in [5.41, 5.74) is 6.30. The summed E-state index contributed by atoms with van der Waals surface area (Å²) in [7, 11) is 0. The van der Waals surface area contributed by atoms with Crippen molar-refractivity contribution >= 4 is 0 Å². The largest absolute Gasteiger partial charge is 0.466 e. The highest BCUT2D eigenvalue weighted by atomic mass is 16.7. The Morgan fingerprint density at radius 1 is 1.40 bits per heavy atom. The van der Waals surface area contributed by atoms with E-state index in [2.05, 4.69) is 4.98 Å². The SMILES string of the molecule is NCc1ccc(OCOCC2CC2)cn1. The van der Waals surface area contributed by atoms with E-state index in [1.807, 2.05) is 12.1 Å². The van der Waals surface area contributed by atoms with Crippen LogP contribution in [0.3, 0.4) is 0 Å². The molecule has 1 heterocycles. The Labute approximate surface area is 89.4 Å². The number of nitrogens with zero attached hydrogens (tertiary/aromatic N) is 1. The molecule has 15 heavy (non-hydrogen) atoms. The van der Waals surface area contributed by atoms with Crippen LogP contribution in [-0.2, 0) is 11.3 Å². The molecule has 0 aliphatic heterocycles. The minimum Gasteiger partial charge on any atom is -0.466 e. The molecule has 1 saturated carbocycles. The molecule has 0 amide bonds. The van der Waals surface area contributed by atoms with Crippen LogP contribution in [-0.4, -0.2) is 18.4 Å². The lowest BCUT2D eigenvalue weighted by atomic mass is 10.3. The van der Waals surface area contributed by atoms with Crippen LogP contribution < -0.4 is 10.5 Å². The van der Waals surface area contributed by atoms with Crippen molar-refractivity contribution in [3.05, 3.63) is 24.0 Å². The number of ether oxygens (including phenoxy) is 2. The fraction of sp³-hybridized carbons (Fsp3) is 0.545. The number of aromatic nitrogens is 1. The molecule has 4 nitrogen and oxygen atoms in total. The van der Waals surface area contributed by atoms with Gasteiger partial charge in [0.2, 0.25) is 0 Å². The molecule has 2 N–H and O–H groups in total. The minimum atomic E-state index is 0.306. The van der Waals surface area contributed by atoms with Gasteiger partial charge >= 0.3 is 0 Å². The Balaban J connectivity index is 1.67. The maximum atomic E-state index is 5.43. The van der Waals surface area contributed by atoms with Crippen molar-refractivity contribution in [2.75, 3.05) is 13.4 Å². The maximum Gasteiger partial charge on any atom is 0.189 e. The average Bonchev–Trinajstić information content (AvgIpc) is 3.09. The van der Waals surface area contributed by atoms with Crippen molar-refractivity contribution in [2.45, 2.75) is 19.4 Å². The van der Waals surface area contributed by atoms with E-state index in [1.54, 1.807) is 6.20 Å². The topological polar surface area (TPSA) is 57.4 Å². The second kappa shape index (κ2) is 5.09. The second-order valence-corrected chi connectivity index (χ2v) is 3.77. The van der Waals surface area contributed by atoms with Gasteiger partial charge in [0.15, 0.2) is 6.79 Å². The van der Waals surface area contributed by atoms with Crippen LogP contribution in [0, 0.1) is 5.92 Å². The fourth-order valence-electron chi connectivity index (χ4n) is 1.23. The fourth-order valence-corrected chi connectivity index (χ4v) is 1.23. The number of hydrogen-bond donors (Lipinski definition) is 1. The van der Waals surface area contributed by atoms with Crippen molar-refractivity contribution in [3.63, 3.8) is 0 Å². The number of nitrogens with two attached hydrogens (primary N) is 1. The van der Waals surface area contributed by atoms with Crippen LogP contribution in [0.4, 0.5) is 0 Å². The summed E-state index contributed by atoms with van der Waals surface area (Å²) in [6, 6.07) is 3.71. The summed E-state index contributed by atoms with van der Waals surface area (Å²) in [6.07, 6.45) is 4.27. The standard InChI is InChI=1S/C11H16N2O2/c12-5-10-3-4-11(6-13-10)15-8-14-7-9-1-2-9/h3-4,6,9H,1-2,5,7-8,12H2. The number of hydrogen-bond acceptors (Lipinski definition) is 4. The van der Waals surface area contributed by atoms with Gasteiger partial charge in [-0.15, -0.1) is 0 Å². The molecular weight excluding hydrogens is 192 g/mol. The second-order valence-electron chi connectivity index (χ2n) is 3.77. The predicted octanol–water partition coefficient (Wildman–Crippen LogP) is 1.30. The molecule has 1 aromatic rings. The number of rotatable bonds is 6. The molecule has 1 aliphatic carbocycles. The highest BCUT2D eigenvalue weighted by molar-refractivity contribution is 5.19. The summed E-state index contributed by atoms with van der Waals surface area (Å²) in [6.45, 7) is 1.58. The van der Waals surface area contributed by atoms with Gasteiger partial charge in [-0.05, 0) is 30.9 Å². The quantitative estimate of drug-likeness (QED) is 0.565. The van der Waals surface area contributed by atoms with Crippen molar-refractivity contribution in [1.29, 1.82) is 0 Å². The molecular formula is C11H16N2O2. The van der Waals surface area contributed by atoms with E-state index >= 15 is 0 Å². The molecule has 82 valence electrons. The molecule has 4 heteroatoms. The Morgan fingerprint density at radius 3 is 2.87 bits per heavy atom. The lowest BCUT2D eigenvalue weighted by Gasteiger charge is -2.06. The first-order chi connectivity index (χ1) is 7.38. The third-order valence-corrected chi connectivity index (χ3v) is 2.37. The van der Waals surface area contributed by atoms with Gasteiger partial charge in [-0.1, -0.05) is 0 Å². The van der Waals surface area contributed by atoms with E-state index in [0.29, 0.717) is 13.3 Å². The highest BCUT2D eigenvalue weighted by Gasteiger charge is 2.20. The van der Waals surface area contributed by atoms with Crippen LogP contribution in [0.1, 0.15) is 18.5 Å². The molecule has 1 aromatic heterocycles. The first kappa shape index (κ1) is 10.4. The van der Waals surface area contributed by atoms with Crippen molar-refractivity contribution < 1.29 is 9.47 Å². The first-order valence-electron chi connectivity index (χ1n) is 5.24. The van der Waals surface area contributed by atoms with Crippen LogP contribution in [0.2, 0.25) is 0 Å². The summed E-state index contributed by atoms with van der Waals surface area (Å²) in [5, 5.41) is 0. The maximum absolute atomic E-state index is 5.43. The van der Waals surface area contributed by atoms with Crippen LogP contribution in [0.5, 0.6) is 5.75 Å². The van der Waals surface area contributed by atoms with Crippen molar-refractivity contribution in [3.8, 4) is 5.75 Å². The van der Waals surface area contributed by atoms with Crippen molar-refractivity contribution in [2.24, 2.45) is 11.7 Å². The molecule has 0 radical (unpaired) electrons. The molecule has 1 fully saturated rings. The molecule has 0 unspecified atom stereocenters. The normalized spacial score (nSPS) is 15.3. The van der Waals surface area contributed by atoms with E-state index in [0.717, 1.165) is 24.0 Å². The Morgan fingerprint density at radius 2 is 2.27 bits per heavy atom. The van der Waals surface area contributed by atoms with E-state index in [-0.39, 0.29) is 0 Å². The summed E-state index contributed by atoms with van der Waals surface area (Å²) in [5.74, 6) is 1.49. The summed E-state index contributed by atoms with van der Waals surface area (Å²) >= 11 is 0. The predicted molar refractivity (Wildman–Crippen MR) is 56.3 cm³/mol. The van der Waals surface area contributed by atoms with Gasteiger partial charge in [-0.25, -0.2) is 0 Å². The van der Waals surface area contributed by atoms with Gasteiger partial charge in [0.1, 0.15) is 5.75 Å². The average molecular weight is 208 g/mol. The van der Waals surface area contributed by atoms with E-state index in [1.165, 1.54) is 12.8 Å². The monoisotopic (exact) mass is 208 g/mol. The Bertz CT molecular complexity index is 296. The zero-order valence-electron chi connectivity index (χ0n) is 8.69. The van der Waals surface area contributed by atoms with Gasteiger partial charge in [0, 0.05) is 6.54 Å². The molecule has 0 bridgehead atoms. The van der Waals surface area contributed by atoms with Gasteiger partial charge in [-0.2, -0.15) is 0 Å². The molecule has 2 rings (SSSR count). The van der Waals surface area contributed by atoms with Crippen LogP contribution >= 0.6 is 0 Å². The van der Waals surface area contributed by atoms with Crippen LogP contribution in [0.25, 0.3) is 0 Å². The molecule has 0 saturated heterocycles. The minimum absolute atomic E-state index is 0.306. The zero-order chi connectivity index (χ0) is 10.5. The Hall–Kier alpha value is -1.13. The summed E-state index contributed by atoms with van der Waals surface area (Å²) < 4.78 is 10.7. The lowest BCUT2D eigenvalue weighted by molar-refractivity contribution is 0.00977. The van der Waals surface area contributed by atoms with Crippen LogP contribution in [0.15, 0.2) is 18.3 Å². The third-order valence-electron chi connectivity index (χ3n) is 2.37. The molecule has 0 aromatic carbocycles. The van der Waals surface area contributed by atoms with Gasteiger partial charge in [0.05, 0.1) is 18.5 Å².